The lowest BCUT2D eigenvalue weighted by atomic mass is 10.1. The molecule has 0 aliphatic rings. The molecule has 1 aromatic heterocycles. The van der Waals surface area contributed by atoms with Crippen molar-refractivity contribution in [3.63, 3.8) is 0 Å². The molecule has 0 aromatic carbocycles. The van der Waals surface area contributed by atoms with Gasteiger partial charge in [0.05, 0.1) is 0 Å². The highest BCUT2D eigenvalue weighted by atomic mass is 32.2. The smallest absolute Gasteiger partial charge is 0.435 e. The fourth-order valence-electron chi connectivity index (χ4n) is 1.14. The van der Waals surface area contributed by atoms with Gasteiger partial charge in [-0.3, -0.25) is 4.79 Å². The molecule has 0 saturated carbocycles. The zero-order chi connectivity index (χ0) is 13.9. The summed E-state index contributed by atoms with van der Waals surface area (Å²) >= 11 is 0.884. The van der Waals surface area contributed by atoms with Crippen molar-refractivity contribution in [2.45, 2.75) is 30.3 Å². The summed E-state index contributed by atoms with van der Waals surface area (Å²) < 4.78 is 36.7. The molecular formula is C10H11F3N2O2S. The Morgan fingerprint density at radius 1 is 1.33 bits per heavy atom. The van der Waals surface area contributed by atoms with Gasteiger partial charge in [0.25, 0.3) is 0 Å². The second-order valence-electron chi connectivity index (χ2n) is 3.88. The quantitative estimate of drug-likeness (QED) is 0.859. The highest BCUT2D eigenvalue weighted by Gasteiger charge is 2.33. The Kier molecular flexibility index (Phi) is 4.55. The van der Waals surface area contributed by atoms with Crippen molar-refractivity contribution in [2.75, 3.05) is 0 Å². The largest absolute Gasteiger partial charge is 0.480 e. The Bertz CT molecular complexity index is 420. The summed E-state index contributed by atoms with van der Waals surface area (Å²) in [5.41, 5.74) is -1.09. The number of carbonyl (C=O) groups is 1. The van der Waals surface area contributed by atoms with Gasteiger partial charge in [-0.2, -0.15) is 13.2 Å². The Morgan fingerprint density at radius 3 is 2.28 bits per heavy atom. The van der Waals surface area contributed by atoms with E-state index in [9.17, 15) is 18.0 Å². The van der Waals surface area contributed by atoms with E-state index in [1.54, 1.807) is 13.8 Å². The van der Waals surface area contributed by atoms with Crippen LogP contribution in [-0.2, 0) is 11.0 Å². The molecule has 0 amide bonds. The predicted octanol–water partition coefficient (Wildman–Crippen LogP) is 2.70. The molecule has 1 aromatic rings. The minimum Gasteiger partial charge on any atom is -0.480 e. The number of alkyl halides is 3. The summed E-state index contributed by atoms with van der Waals surface area (Å²) in [6, 6.07) is 1.91. The van der Waals surface area contributed by atoms with Gasteiger partial charge >= 0.3 is 12.1 Å². The molecule has 18 heavy (non-hydrogen) atoms. The number of carboxylic acid groups (broad SMARTS) is 1. The molecule has 0 radical (unpaired) electrons. The number of aliphatic carboxylic acids is 1. The van der Waals surface area contributed by atoms with Crippen molar-refractivity contribution in [1.82, 2.24) is 10.2 Å². The van der Waals surface area contributed by atoms with Crippen molar-refractivity contribution in [3.8, 4) is 0 Å². The first-order valence-electron chi connectivity index (χ1n) is 5.02. The summed E-state index contributed by atoms with van der Waals surface area (Å²) in [7, 11) is 0. The van der Waals surface area contributed by atoms with Gasteiger partial charge in [-0.05, 0) is 18.1 Å². The van der Waals surface area contributed by atoms with E-state index in [0.717, 1.165) is 23.9 Å². The number of thioether (sulfide) groups is 1. The summed E-state index contributed by atoms with van der Waals surface area (Å²) in [4.78, 5) is 10.9. The van der Waals surface area contributed by atoms with Gasteiger partial charge < -0.3 is 5.11 Å². The topological polar surface area (TPSA) is 63.1 Å². The molecule has 100 valence electrons. The van der Waals surface area contributed by atoms with E-state index >= 15 is 0 Å². The maximum atomic E-state index is 12.2. The van der Waals surface area contributed by atoms with Crippen LogP contribution in [0.3, 0.4) is 0 Å². The maximum absolute atomic E-state index is 12.2. The molecule has 4 nitrogen and oxygen atoms in total. The predicted molar refractivity (Wildman–Crippen MR) is 59.2 cm³/mol. The summed E-state index contributed by atoms with van der Waals surface area (Å²) in [5.74, 6) is -1.20. The SMILES string of the molecule is CC(C)C(Sc1ccc(C(F)(F)F)nn1)C(=O)O. The zero-order valence-electron chi connectivity index (χ0n) is 9.60. The summed E-state index contributed by atoms with van der Waals surface area (Å²) in [6.45, 7) is 3.42. The lowest BCUT2D eigenvalue weighted by molar-refractivity contribution is -0.142. The van der Waals surface area contributed by atoms with Gasteiger partial charge in [-0.1, -0.05) is 25.6 Å². The Labute approximate surface area is 106 Å². The molecule has 0 spiro atoms. The lowest BCUT2D eigenvalue weighted by Gasteiger charge is -2.14. The Morgan fingerprint density at radius 2 is 1.94 bits per heavy atom. The third kappa shape index (κ3) is 3.86. The van der Waals surface area contributed by atoms with Crippen LogP contribution < -0.4 is 0 Å². The highest BCUT2D eigenvalue weighted by Crippen LogP contribution is 2.30. The highest BCUT2D eigenvalue weighted by molar-refractivity contribution is 8.00. The molecule has 1 atom stereocenters. The molecule has 1 unspecified atom stereocenters. The second kappa shape index (κ2) is 5.55. The van der Waals surface area contributed by atoms with Crippen LogP contribution in [0.15, 0.2) is 17.2 Å². The lowest BCUT2D eigenvalue weighted by Crippen LogP contribution is -2.22. The number of carboxylic acids is 1. The fourth-order valence-corrected chi connectivity index (χ4v) is 2.00. The number of halogens is 3. The van der Waals surface area contributed by atoms with Crippen LogP contribution in [0, 0.1) is 5.92 Å². The number of hydrogen-bond donors (Lipinski definition) is 1. The van der Waals surface area contributed by atoms with Gasteiger partial charge in [-0.15, -0.1) is 10.2 Å². The second-order valence-corrected chi connectivity index (χ2v) is 5.04. The van der Waals surface area contributed by atoms with Gasteiger partial charge in [0.15, 0.2) is 5.69 Å². The average Bonchev–Trinajstić information content (AvgIpc) is 2.24. The number of rotatable bonds is 4. The normalized spacial score (nSPS) is 13.7. The fraction of sp³-hybridized carbons (Fsp3) is 0.500. The molecule has 0 saturated heterocycles. The number of aromatic nitrogens is 2. The first-order chi connectivity index (χ1) is 8.21. The van der Waals surface area contributed by atoms with E-state index in [1.807, 2.05) is 0 Å². The molecule has 0 aliphatic heterocycles. The van der Waals surface area contributed by atoms with Gasteiger partial charge in [0.1, 0.15) is 10.3 Å². The summed E-state index contributed by atoms with van der Waals surface area (Å²) in [5, 5.41) is 14.7. The first kappa shape index (κ1) is 14.7. The Balaban J connectivity index is 2.83. The molecule has 1 N–H and O–H groups in total. The van der Waals surface area contributed by atoms with Crippen LogP contribution in [0.2, 0.25) is 0 Å². The van der Waals surface area contributed by atoms with Gasteiger partial charge in [-0.25, -0.2) is 0 Å². The van der Waals surface area contributed by atoms with Crippen molar-refractivity contribution in [1.29, 1.82) is 0 Å². The third-order valence-electron chi connectivity index (χ3n) is 2.03. The number of nitrogens with zero attached hydrogens (tertiary/aromatic N) is 2. The summed E-state index contributed by atoms with van der Waals surface area (Å²) in [6.07, 6.45) is -4.54. The van der Waals surface area contributed by atoms with E-state index in [4.69, 9.17) is 5.11 Å². The van der Waals surface area contributed by atoms with E-state index < -0.39 is 23.1 Å². The Hall–Kier alpha value is -1.31. The van der Waals surface area contributed by atoms with Crippen molar-refractivity contribution < 1.29 is 23.1 Å². The molecule has 0 aliphatic carbocycles. The molecular weight excluding hydrogens is 269 g/mol. The van der Waals surface area contributed by atoms with Crippen LogP contribution >= 0.6 is 11.8 Å². The number of hydrogen-bond acceptors (Lipinski definition) is 4. The van der Waals surface area contributed by atoms with Crippen LogP contribution in [0.25, 0.3) is 0 Å². The molecule has 0 bridgehead atoms. The van der Waals surface area contributed by atoms with Crippen molar-refractivity contribution in [2.24, 2.45) is 5.92 Å². The standard InChI is InChI=1S/C10H11F3N2O2S/c1-5(2)8(9(16)17)18-7-4-3-6(14-15-7)10(11,12)13/h3-5,8H,1-2H3,(H,16,17). The first-order valence-corrected chi connectivity index (χ1v) is 5.90. The molecule has 1 rings (SSSR count). The van der Waals surface area contributed by atoms with Gasteiger partial charge in [0.2, 0.25) is 0 Å². The van der Waals surface area contributed by atoms with E-state index in [1.165, 1.54) is 0 Å². The van der Waals surface area contributed by atoms with Crippen LogP contribution in [-0.4, -0.2) is 26.5 Å². The van der Waals surface area contributed by atoms with Gasteiger partial charge in [0, 0.05) is 0 Å². The zero-order valence-corrected chi connectivity index (χ0v) is 10.4. The monoisotopic (exact) mass is 280 g/mol. The van der Waals surface area contributed by atoms with Crippen LogP contribution in [0.5, 0.6) is 0 Å². The van der Waals surface area contributed by atoms with Crippen LogP contribution in [0.1, 0.15) is 19.5 Å². The maximum Gasteiger partial charge on any atom is 0.435 e. The van der Waals surface area contributed by atoms with Crippen molar-refractivity contribution in [3.05, 3.63) is 17.8 Å². The molecule has 1 heterocycles. The minimum absolute atomic E-state index is 0.157. The molecule has 8 heteroatoms. The minimum atomic E-state index is -4.54. The van der Waals surface area contributed by atoms with E-state index in [0.29, 0.717) is 0 Å². The van der Waals surface area contributed by atoms with Crippen molar-refractivity contribution >= 4 is 17.7 Å². The van der Waals surface area contributed by atoms with Crippen LogP contribution in [0.4, 0.5) is 13.2 Å². The average molecular weight is 280 g/mol. The van der Waals surface area contributed by atoms with E-state index in [-0.39, 0.29) is 10.9 Å². The molecule has 0 fully saturated rings. The van der Waals surface area contributed by atoms with E-state index in [2.05, 4.69) is 10.2 Å². The third-order valence-corrected chi connectivity index (χ3v) is 3.49.